The maximum Gasteiger partial charge on any atom is 0.135 e. The third-order valence-electron chi connectivity index (χ3n) is 3.10. The number of hydrogen-bond donors (Lipinski definition) is 0. The molecule has 2 aromatic rings. The SMILES string of the molecule is CC1OC=Cc2c1n(C)c1ccccc21. The number of nitrogens with zero attached hydrogens (tertiary/aromatic N) is 1. The molecule has 76 valence electrons. The van der Waals surface area contributed by atoms with Crippen molar-refractivity contribution in [1.29, 1.82) is 0 Å². The van der Waals surface area contributed by atoms with E-state index in [0.717, 1.165) is 0 Å². The normalized spacial score (nSPS) is 18.9. The van der Waals surface area contributed by atoms with E-state index in [2.05, 4.69) is 48.9 Å². The molecule has 0 aliphatic carbocycles. The molecule has 2 nitrogen and oxygen atoms in total. The summed E-state index contributed by atoms with van der Waals surface area (Å²) in [5.41, 5.74) is 3.83. The fourth-order valence-electron chi connectivity index (χ4n) is 2.40. The topological polar surface area (TPSA) is 14.2 Å². The van der Waals surface area contributed by atoms with Gasteiger partial charge in [-0.05, 0) is 19.1 Å². The number of rotatable bonds is 0. The number of fused-ring (bicyclic) bond motifs is 3. The van der Waals surface area contributed by atoms with Crippen molar-refractivity contribution in [3.8, 4) is 0 Å². The maximum absolute atomic E-state index is 5.51. The lowest BCUT2D eigenvalue weighted by molar-refractivity contribution is 0.155. The molecule has 1 aromatic carbocycles. The summed E-state index contributed by atoms with van der Waals surface area (Å²) < 4.78 is 7.73. The smallest absolute Gasteiger partial charge is 0.135 e. The van der Waals surface area contributed by atoms with Crippen LogP contribution in [0.3, 0.4) is 0 Å². The highest BCUT2D eigenvalue weighted by molar-refractivity contribution is 5.91. The van der Waals surface area contributed by atoms with Gasteiger partial charge < -0.3 is 9.30 Å². The van der Waals surface area contributed by atoms with Crippen molar-refractivity contribution < 1.29 is 4.74 Å². The Morgan fingerprint density at radius 1 is 1.27 bits per heavy atom. The van der Waals surface area contributed by atoms with Crippen LogP contribution in [0.2, 0.25) is 0 Å². The Bertz CT molecular complexity index is 551. The lowest BCUT2D eigenvalue weighted by atomic mass is 10.1. The average Bonchev–Trinajstić information content (AvgIpc) is 2.55. The molecule has 0 N–H and O–H groups in total. The molecule has 0 radical (unpaired) electrons. The lowest BCUT2D eigenvalue weighted by Gasteiger charge is -2.17. The quantitative estimate of drug-likeness (QED) is 0.635. The molecule has 0 saturated carbocycles. The summed E-state index contributed by atoms with van der Waals surface area (Å²) in [6, 6.07) is 8.46. The van der Waals surface area contributed by atoms with Crippen molar-refractivity contribution in [2.24, 2.45) is 7.05 Å². The van der Waals surface area contributed by atoms with E-state index in [0.29, 0.717) is 0 Å². The van der Waals surface area contributed by atoms with Crippen LogP contribution < -0.4 is 0 Å². The zero-order valence-electron chi connectivity index (χ0n) is 8.90. The zero-order chi connectivity index (χ0) is 10.4. The van der Waals surface area contributed by atoms with Crippen molar-refractivity contribution in [3.63, 3.8) is 0 Å². The molecule has 0 amide bonds. The summed E-state index contributed by atoms with van der Waals surface area (Å²) in [5.74, 6) is 0. The fourth-order valence-corrected chi connectivity index (χ4v) is 2.40. The van der Waals surface area contributed by atoms with E-state index in [9.17, 15) is 0 Å². The van der Waals surface area contributed by atoms with Crippen LogP contribution in [-0.4, -0.2) is 4.57 Å². The van der Waals surface area contributed by atoms with Crippen molar-refractivity contribution in [2.75, 3.05) is 0 Å². The molecule has 0 bridgehead atoms. The van der Waals surface area contributed by atoms with Gasteiger partial charge in [-0.15, -0.1) is 0 Å². The second-order valence-corrected chi connectivity index (χ2v) is 3.96. The molecule has 2 heteroatoms. The molecule has 0 saturated heterocycles. The second-order valence-electron chi connectivity index (χ2n) is 3.96. The molecule has 0 spiro atoms. The molecule has 2 heterocycles. The molecule has 1 unspecified atom stereocenters. The van der Waals surface area contributed by atoms with Gasteiger partial charge in [-0.3, -0.25) is 0 Å². The summed E-state index contributed by atoms with van der Waals surface area (Å²) in [4.78, 5) is 0. The van der Waals surface area contributed by atoms with Gasteiger partial charge in [0.25, 0.3) is 0 Å². The summed E-state index contributed by atoms with van der Waals surface area (Å²) in [6.07, 6.45) is 3.99. The number of para-hydroxylation sites is 1. The van der Waals surface area contributed by atoms with Gasteiger partial charge in [-0.2, -0.15) is 0 Å². The Labute approximate surface area is 88.8 Å². The summed E-state index contributed by atoms with van der Waals surface area (Å²) >= 11 is 0. The standard InChI is InChI=1S/C13H13NO/c1-9-13-11(7-8-15-9)10-5-3-4-6-12(10)14(13)2/h3-9H,1-2H3. The third-order valence-corrected chi connectivity index (χ3v) is 3.10. The molecule has 1 aliphatic heterocycles. The third kappa shape index (κ3) is 1.05. The molecule has 1 aromatic heterocycles. The number of aromatic nitrogens is 1. The van der Waals surface area contributed by atoms with Gasteiger partial charge in [0, 0.05) is 23.5 Å². The van der Waals surface area contributed by atoms with E-state index < -0.39 is 0 Å². The van der Waals surface area contributed by atoms with Gasteiger partial charge >= 0.3 is 0 Å². The van der Waals surface area contributed by atoms with E-state index in [-0.39, 0.29) is 6.10 Å². The number of aryl methyl sites for hydroxylation is 1. The fraction of sp³-hybridized carbons (Fsp3) is 0.231. The minimum absolute atomic E-state index is 0.141. The Hall–Kier alpha value is -1.70. The number of ether oxygens (including phenoxy) is 1. The van der Waals surface area contributed by atoms with Crippen molar-refractivity contribution in [3.05, 3.63) is 41.8 Å². The highest BCUT2D eigenvalue weighted by Gasteiger charge is 2.20. The summed E-state index contributed by atoms with van der Waals surface area (Å²) in [6.45, 7) is 2.08. The molecule has 1 aliphatic rings. The van der Waals surface area contributed by atoms with E-state index in [1.807, 2.05) is 0 Å². The summed E-state index contributed by atoms with van der Waals surface area (Å²) in [5, 5.41) is 1.31. The van der Waals surface area contributed by atoms with E-state index >= 15 is 0 Å². The molecular weight excluding hydrogens is 186 g/mol. The molecule has 3 rings (SSSR count). The first-order valence-corrected chi connectivity index (χ1v) is 5.18. The van der Waals surface area contributed by atoms with Crippen LogP contribution in [0.5, 0.6) is 0 Å². The van der Waals surface area contributed by atoms with Gasteiger partial charge in [0.2, 0.25) is 0 Å². The van der Waals surface area contributed by atoms with Gasteiger partial charge in [0.15, 0.2) is 0 Å². The molecule has 15 heavy (non-hydrogen) atoms. The Kier molecular flexibility index (Phi) is 1.66. The minimum atomic E-state index is 0.141. The van der Waals surface area contributed by atoms with Crippen LogP contribution in [0.25, 0.3) is 17.0 Å². The first-order valence-electron chi connectivity index (χ1n) is 5.18. The van der Waals surface area contributed by atoms with E-state index in [1.54, 1.807) is 6.26 Å². The molecular formula is C13H13NO. The van der Waals surface area contributed by atoms with Crippen LogP contribution in [0, 0.1) is 0 Å². The van der Waals surface area contributed by atoms with Crippen LogP contribution in [0.15, 0.2) is 30.5 Å². The van der Waals surface area contributed by atoms with Gasteiger partial charge in [0.1, 0.15) is 6.10 Å². The lowest BCUT2D eigenvalue weighted by Crippen LogP contribution is -2.06. The molecule has 1 atom stereocenters. The van der Waals surface area contributed by atoms with Crippen LogP contribution >= 0.6 is 0 Å². The number of hydrogen-bond acceptors (Lipinski definition) is 1. The highest BCUT2D eigenvalue weighted by Crippen LogP contribution is 2.34. The van der Waals surface area contributed by atoms with Gasteiger partial charge in [-0.25, -0.2) is 0 Å². The maximum atomic E-state index is 5.51. The predicted octanol–water partition coefficient (Wildman–Crippen LogP) is 3.24. The van der Waals surface area contributed by atoms with Crippen LogP contribution in [0.4, 0.5) is 0 Å². The second kappa shape index (κ2) is 2.89. The van der Waals surface area contributed by atoms with Gasteiger partial charge in [0.05, 0.1) is 12.0 Å². The van der Waals surface area contributed by atoms with Crippen LogP contribution in [0.1, 0.15) is 24.3 Å². The van der Waals surface area contributed by atoms with Gasteiger partial charge in [-0.1, -0.05) is 18.2 Å². The Balaban J connectivity index is 2.46. The first-order chi connectivity index (χ1) is 7.29. The Morgan fingerprint density at radius 2 is 2.07 bits per heavy atom. The zero-order valence-corrected chi connectivity index (χ0v) is 8.90. The van der Waals surface area contributed by atoms with Crippen LogP contribution in [-0.2, 0) is 11.8 Å². The monoisotopic (exact) mass is 199 g/mol. The largest absolute Gasteiger partial charge is 0.492 e. The van der Waals surface area contributed by atoms with Crippen molar-refractivity contribution >= 4 is 17.0 Å². The van der Waals surface area contributed by atoms with E-state index in [4.69, 9.17) is 4.74 Å². The van der Waals surface area contributed by atoms with Crippen molar-refractivity contribution in [1.82, 2.24) is 4.57 Å². The van der Waals surface area contributed by atoms with Crippen molar-refractivity contribution in [2.45, 2.75) is 13.0 Å². The van der Waals surface area contributed by atoms with E-state index in [1.165, 1.54) is 22.2 Å². The Morgan fingerprint density at radius 3 is 2.93 bits per heavy atom. The molecule has 0 fully saturated rings. The first kappa shape index (κ1) is 8.60. The predicted molar refractivity (Wildman–Crippen MR) is 61.5 cm³/mol. The summed E-state index contributed by atoms with van der Waals surface area (Å²) in [7, 11) is 2.10. The average molecular weight is 199 g/mol. The highest BCUT2D eigenvalue weighted by atomic mass is 16.5. The minimum Gasteiger partial charge on any atom is -0.492 e. The number of benzene rings is 1.